The van der Waals surface area contributed by atoms with E-state index in [0.29, 0.717) is 11.2 Å². The van der Waals surface area contributed by atoms with E-state index >= 15 is 0 Å². The minimum Gasteiger partial charge on any atom is -0.355 e. The SMILES string of the molecule is CNC(=O)c1ccc2nnc(C(C)S)n2c1. The molecule has 2 heterocycles. The summed E-state index contributed by atoms with van der Waals surface area (Å²) in [5.41, 5.74) is 1.29. The molecule has 1 N–H and O–H groups in total. The van der Waals surface area contributed by atoms with Crippen LogP contribution < -0.4 is 5.32 Å². The van der Waals surface area contributed by atoms with E-state index in [9.17, 15) is 4.79 Å². The Bertz CT molecular complexity index is 535. The van der Waals surface area contributed by atoms with Crippen molar-refractivity contribution in [2.24, 2.45) is 0 Å². The van der Waals surface area contributed by atoms with Gasteiger partial charge in [-0.1, -0.05) is 0 Å². The molecular formula is C10H12N4OS. The number of fused-ring (bicyclic) bond motifs is 1. The van der Waals surface area contributed by atoms with E-state index in [1.54, 1.807) is 29.8 Å². The largest absolute Gasteiger partial charge is 0.355 e. The normalized spacial score (nSPS) is 12.7. The predicted octanol–water partition coefficient (Wildman–Crippen LogP) is 1.08. The summed E-state index contributed by atoms with van der Waals surface area (Å²) >= 11 is 4.31. The molecule has 1 unspecified atom stereocenters. The van der Waals surface area contributed by atoms with Gasteiger partial charge in [-0.25, -0.2) is 0 Å². The van der Waals surface area contributed by atoms with Crippen molar-refractivity contribution in [3.05, 3.63) is 29.7 Å². The molecule has 0 spiro atoms. The molecule has 0 fully saturated rings. The number of aromatic nitrogens is 3. The summed E-state index contributed by atoms with van der Waals surface area (Å²) in [5, 5.41) is 10.6. The molecule has 6 heteroatoms. The second-order valence-electron chi connectivity index (χ2n) is 3.46. The maximum atomic E-state index is 11.5. The Labute approximate surface area is 98.3 Å². The lowest BCUT2D eigenvalue weighted by Crippen LogP contribution is -2.18. The number of hydrogen-bond donors (Lipinski definition) is 2. The molecule has 5 nitrogen and oxygen atoms in total. The summed E-state index contributed by atoms with van der Waals surface area (Å²) in [7, 11) is 1.60. The fraction of sp³-hybridized carbons (Fsp3) is 0.300. The first kappa shape index (κ1) is 10.9. The summed E-state index contributed by atoms with van der Waals surface area (Å²) in [6.07, 6.45) is 1.72. The Morgan fingerprint density at radius 1 is 1.50 bits per heavy atom. The van der Waals surface area contributed by atoms with Crippen molar-refractivity contribution in [1.29, 1.82) is 0 Å². The number of carbonyl (C=O) groups excluding carboxylic acids is 1. The molecule has 1 amide bonds. The standard InChI is InChI=1S/C10H12N4OS/c1-6(16)9-13-12-8-4-3-7(5-14(8)9)10(15)11-2/h3-6,16H,1-2H3,(H,11,15). The first-order chi connectivity index (χ1) is 7.63. The van der Waals surface area contributed by atoms with Crippen molar-refractivity contribution in [3.8, 4) is 0 Å². The fourth-order valence-corrected chi connectivity index (χ4v) is 1.65. The summed E-state index contributed by atoms with van der Waals surface area (Å²) in [4.78, 5) is 11.5. The van der Waals surface area contributed by atoms with Crippen LogP contribution in [-0.4, -0.2) is 27.6 Å². The molecule has 0 aliphatic heterocycles. The van der Waals surface area contributed by atoms with E-state index in [1.807, 2.05) is 6.92 Å². The molecule has 2 aromatic rings. The van der Waals surface area contributed by atoms with E-state index < -0.39 is 0 Å². The lowest BCUT2D eigenvalue weighted by Gasteiger charge is -2.04. The number of nitrogens with zero attached hydrogens (tertiary/aromatic N) is 3. The molecule has 0 aliphatic carbocycles. The van der Waals surface area contributed by atoms with Crippen molar-refractivity contribution in [2.75, 3.05) is 7.05 Å². The Kier molecular flexibility index (Phi) is 2.82. The van der Waals surface area contributed by atoms with Gasteiger partial charge in [0.1, 0.15) is 5.82 Å². The monoisotopic (exact) mass is 236 g/mol. The maximum Gasteiger partial charge on any atom is 0.252 e. The van der Waals surface area contributed by atoms with Crippen LogP contribution in [0.1, 0.15) is 28.4 Å². The third kappa shape index (κ3) is 1.76. The van der Waals surface area contributed by atoms with E-state index in [0.717, 1.165) is 5.82 Å². The van der Waals surface area contributed by atoms with Gasteiger partial charge in [0.25, 0.3) is 5.91 Å². The van der Waals surface area contributed by atoms with E-state index in [4.69, 9.17) is 0 Å². The molecule has 0 saturated carbocycles. The van der Waals surface area contributed by atoms with Crippen LogP contribution in [0.4, 0.5) is 0 Å². The number of thiol groups is 1. The lowest BCUT2D eigenvalue weighted by molar-refractivity contribution is 0.0962. The Balaban J connectivity index is 2.58. The van der Waals surface area contributed by atoms with E-state index in [-0.39, 0.29) is 11.2 Å². The number of pyridine rings is 1. The molecule has 0 aromatic carbocycles. The predicted molar refractivity (Wildman–Crippen MR) is 63.8 cm³/mol. The first-order valence-corrected chi connectivity index (χ1v) is 5.40. The molecular weight excluding hydrogens is 224 g/mol. The molecule has 0 bridgehead atoms. The highest BCUT2D eigenvalue weighted by Crippen LogP contribution is 2.18. The highest BCUT2D eigenvalue weighted by Gasteiger charge is 2.11. The smallest absolute Gasteiger partial charge is 0.252 e. The van der Waals surface area contributed by atoms with Crippen molar-refractivity contribution in [2.45, 2.75) is 12.2 Å². The number of nitrogens with one attached hydrogen (secondary N) is 1. The molecule has 0 aliphatic rings. The second kappa shape index (κ2) is 4.13. The fourth-order valence-electron chi connectivity index (χ4n) is 1.47. The topological polar surface area (TPSA) is 59.3 Å². The highest BCUT2D eigenvalue weighted by molar-refractivity contribution is 7.80. The average molecular weight is 236 g/mol. The van der Waals surface area contributed by atoms with Gasteiger partial charge in [-0.05, 0) is 19.1 Å². The summed E-state index contributed by atoms with van der Waals surface area (Å²) in [6, 6.07) is 3.48. The second-order valence-corrected chi connectivity index (χ2v) is 4.23. The van der Waals surface area contributed by atoms with Crippen LogP contribution in [0.3, 0.4) is 0 Å². The number of carbonyl (C=O) groups is 1. The van der Waals surface area contributed by atoms with Crippen molar-refractivity contribution in [3.63, 3.8) is 0 Å². The number of rotatable bonds is 2. The molecule has 1 atom stereocenters. The van der Waals surface area contributed by atoms with Crippen LogP contribution in [0, 0.1) is 0 Å². The summed E-state index contributed by atoms with van der Waals surface area (Å²) in [5.74, 6) is 0.595. The van der Waals surface area contributed by atoms with Gasteiger partial charge in [0.05, 0.1) is 10.8 Å². The minimum absolute atomic E-state index is 0.0325. The van der Waals surface area contributed by atoms with Crippen molar-refractivity contribution >= 4 is 24.2 Å². The van der Waals surface area contributed by atoms with Crippen LogP contribution in [0.2, 0.25) is 0 Å². The van der Waals surface area contributed by atoms with Gasteiger partial charge in [0, 0.05) is 13.2 Å². The zero-order valence-electron chi connectivity index (χ0n) is 9.01. The molecule has 0 radical (unpaired) electrons. The maximum absolute atomic E-state index is 11.5. The molecule has 2 rings (SSSR count). The number of amides is 1. The van der Waals surface area contributed by atoms with Crippen molar-refractivity contribution < 1.29 is 4.79 Å². The van der Waals surface area contributed by atoms with Gasteiger partial charge in [-0.15, -0.1) is 10.2 Å². The Morgan fingerprint density at radius 3 is 2.88 bits per heavy atom. The molecule has 84 valence electrons. The Hall–Kier alpha value is -1.56. The zero-order chi connectivity index (χ0) is 11.7. The van der Waals surface area contributed by atoms with Crippen molar-refractivity contribution in [1.82, 2.24) is 19.9 Å². The van der Waals surface area contributed by atoms with Gasteiger partial charge >= 0.3 is 0 Å². The van der Waals surface area contributed by atoms with Gasteiger partial charge < -0.3 is 5.32 Å². The average Bonchev–Trinajstić information content (AvgIpc) is 2.70. The van der Waals surface area contributed by atoms with E-state index in [1.165, 1.54) is 0 Å². The molecule has 2 aromatic heterocycles. The van der Waals surface area contributed by atoms with Crippen LogP contribution in [0.15, 0.2) is 18.3 Å². The molecule has 0 saturated heterocycles. The van der Waals surface area contributed by atoms with Gasteiger partial charge in [-0.3, -0.25) is 9.20 Å². The van der Waals surface area contributed by atoms with Crippen LogP contribution in [0.25, 0.3) is 5.65 Å². The van der Waals surface area contributed by atoms with E-state index in [2.05, 4.69) is 28.1 Å². The molecule has 16 heavy (non-hydrogen) atoms. The van der Waals surface area contributed by atoms with Crippen LogP contribution in [0.5, 0.6) is 0 Å². The quantitative estimate of drug-likeness (QED) is 0.767. The van der Waals surface area contributed by atoms with Crippen LogP contribution >= 0.6 is 12.6 Å². The first-order valence-electron chi connectivity index (χ1n) is 4.88. The lowest BCUT2D eigenvalue weighted by atomic mass is 10.2. The Morgan fingerprint density at radius 2 is 2.25 bits per heavy atom. The minimum atomic E-state index is -0.131. The summed E-state index contributed by atoms with van der Waals surface area (Å²) in [6.45, 7) is 1.91. The van der Waals surface area contributed by atoms with Gasteiger partial charge in [-0.2, -0.15) is 12.6 Å². The zero-order valence-corrected chi connectivity index (χ0v) is 9.90. The van der Waals surface area contributed by atoms with Crippen LogP contribution in [-0.2, 0) is 0 Å². The van der Waals surface area contributed by atoms with Gasteiger partial charge in [0.2, 0.25) is 0 Å². The summed E-state index contributed by atoms with van der Waals surface area (Å²) < 4.78 is 1.78. The van der Waals surface area contributed by atoms with Gasteiger partial charge in [0.15, 0.2) is 5.65 Å². The third-order valence-electron chi connectivity index (χ3n) is 2.29. The highest BCUT2D eigenvalue weighted by atomic mass is 32.1. The third-order valence-corrected chi connectivity index (χ3v) is 2.52. The number of hydrogen-bond acceptors (Lipinski definition) is 4.